The van der Waals surface area contributed by atoms with Crippen LogP contribution in [0.4, 0.5) is 4.39 Å². The number of carbonyl (C=O) groups is 1. The monoisotopic (exact) mass is 295 g/mol. The normalized spacial score (nSPS) is 14.2. The zero-order chi connectivity index (χ0) is 15.4. The Bertz CT molecular complexity index is 677. The van der Waals surface area contributed by atoms with E-state index in [9.17, 15) is 9.18 Å². The molecule has 1 fully saturated rings. The summed E-state index contributed by atoms with van der Waals surface area (Å²) in [6.45, 7) is 0.623. The Morgan fingerprint density at radius 1 is 1.14 bits per heavy atom. The van der Waals surface area contributed by atoms with Crippen molar-refractivity contribution in [3.63, 3.8) is 0 Å². The van der Waals surface area contributed by atoms with Crippen LogP contribution in [0, 0.1) is 5.82 Å². The van der Waals surface area contributed by atoms with Gasteiger partial charge in [-0.3, -0.25) is 4.79 Å². The Hall–Kier alpha value is -2.42. The van der Waals surface area contributed by atoms with E-state index in [1.165, 1.54) is 18.2 Å². The topological polar surface area (TPSA) is 20.3 Å². The molecule has 1 aliphatic carbocycles. The fourth-order valence-corrected chi connectivity index (χ4v) is 2.43. The molecule has 3 heteroatoms. The zero-order valence-electron chi connectivity index (χ0n) is 12.3. The smallest absolute Gasteiger partial charge is 0.247 e. The number of halogens is 1. The minimum Gasteiger partial charge on any atom is -0.332 e. The molecule has 1 amide bonds. The highest BCUT2D eigenvalue weighted by Crippen LogP contribution is 2.28. The van der Waals surface area contributed by atoms with Crippen molar-refractivity contribution in [3.8, 4) is 0 Å². The van der Waals surface area contributed by atoms with Gasteiger partial charge in [-0.1, -0.05) is 42.5 Å². The molecule has 0 aromatic heterocycles. The molecule has 2 aromatic rings. The largest absolute Gasteiger partial charge is 0.332 e. The number of nitrogens with zero attached hydrogens (tertiary/aromatic N) is 1. The Labute approximate surface area is 129 Å². The summed E-state index contributed by atoms with van der Waals surface area (Å²) in [7, 11) is 0. The third-order valence-corrected chi connectivity index (χ3v) is 3.73. The molecule has 3 rings (SSSR count). The Kier molecular flexibility index (Phi) is 4.33. The average molecular weight is 295 g/mol. The van der Waals surface area contributed by atoms with Gasteiger partial charge in [-0.05, 0) is 42.2 Å². The van der Waals surface area contributed by atoms with Gasteiger partial charge in [-0.25, -0.2) is 4.39 Å². The molecule has 0 heterocycles. The lowest BCUT2D eigenvalue weighted by Crippen LogP contribution is -2.31. The first-order valence-electron chi connectivity index (χ1n) is 7.50. The summed E-state index contributed by atoms with van der Waals surface area (Å²) in [4.78, 5) is 14.3. The first-order valence-corrected chi connectivity index (χ1v) is 7.50. The van der Waals surface area contributed by atoms with Crippen molar-refractivity contribution in [1.82, 2.24) is 4.90 Å². The number of hydrogen-bond donors (Lipinski definition) is 0. The summed E-state index contributed by atoms with van der Waals surface area (Å²) in [6.07, 6.45) is 5.33. The van der Waals surface area contributed by atoms with E-state index in [2.05, 4.69) is 0 Å². The molecule has 1 saturated carbocycles. The van der Waals surface area contributed by atoms with Crippen LogP contribution in [0.5, 0.6) is 0 Å². The van der Waals surface area contributed by atoms with Crippen molar-refractivity contribution in [1.29, 1.82) is 0 Å². The van der Waals surface area contributed by atoms with Gasteiger partial charge in [0, 0.05) is 18.7 Å². The minimum atomic E-state index is -0.294. The van der Waals surface area contributed by atoms with E-state index in [1.807, 2.05) is 35.2 Å². The summed E-state index contributed by atoms with van der Waals surface area (Å²) in [5.74, 6) is -0.312. The van der Waals surface area contributed by atoms with E-state index in [4.69, 9.17) is 0 Å². The van der Waals surface area contributed by atoms with Crippen molar-refractivity contribution in [2.45, 2.75) is 25.4 Å². The zero-order valence-corrected chi connectivity index (χ0v) is 12.3. The predicted octanol–water partition coefficient (Wildman–Crippen LogP) is 4.03. The second-order valence-electron chi connectivity index (χ2n) is 5.57. The summed E-state index contributed by atoms with van der Waals surface area (Å²) in [5, 5.41) is 0. The Morgan fingerprint density at radius 2 is 1.91 bits per heavy atom. The van der Waals surface area contributed by atoms with Crippen LogP contribution in [0.3, 0.4) is 0 Å². The standard InChI is InChI=1S/C19H18FNO/c20-17-8-4-7-15(13-17)9-12-19(22)21(18-10-11-18)14-16-5-2-1-3-6-16/h1-9,12-13,18H,10-11,14H2/b12-9+. The third-order valence-electron chi connectivity index (χ3n) is 3.73. The third kappa shape index (κ3) is 3.82. The maximum absolute atomic E-state index is 13.1. The van der Waals surface area contributed by atoms with Gasteiger partial charge in [0.2, 0.25) is 5.91 Å². The van der Waals surface area contributed by atoms with Gasteiger partial charge in [0.15, 0.2) is 0 Å². The summed E-state index contributed by atoms with van der Waals surface area (Å²) >= 11 is 0. The Balaban J connectivity index is 1.70. The summed E-state index contributed by atoms with van der Waals surface area (Å²) < 4.78 is 13.1. The maximum atomic E-state index is 13.1. The van der Waals surface area contributed by atoms with Crippen LogP contribution in [-0.4, -0.2) is 16.8 Å². The van der Waals surface area contributed by atoms with Crippen LogP contribution in [0.25, 0.3) is 6.08 Å². The maximum Gasteiger partial charge on any atom is 0.247 e. The number of amides is 1. The first-order chi connectivity index (χ1) is 10.7. The van der Waals surface area contributed by atoms with Crippen molar-refractivity contribution in [2.24, 2.45) is 0 Å². The van der Waals surface area contributed by atoms with Gasteiger partial charge >= 0.3 is 0 Å². The molecule has 1 aliphatic rings. The highest BCUT2D eigenvalue weighted by Gasteiger charge is 2.31. The van der Waals surface area contributed by atoms with Crippen LogP contribution in [0.15, 0.2) is 60.7 Å². The minimum absolute atomic E-state index is 0.0179. The molecular weight excluding hydrogens is 277 g/mol. The molecule has 112 valence electrons. The highest BCUT2D eigenvalue weighted by atomic mass is 19.1. The van der Waals surface area contributed by atoms with Crippen molar-refractivity contribution < 1.29 is 9.18 Å². The van der Waals surface area contributed by atoms with Gasteiger partial charge in [-0.2, -0.15) is 0 Å². The van der Waals surface area contributed by atoms with E-state index in [1.54, 1.807) is 18.2 Å². The van der Waals surface area contributed by atoms with E-state index < -0.39 is 0 Å². The molecule has 2 nitrogen and oxygen atoms in total. The predicted molar refractivity (Wildman–Crippen MR) is 85.4 cm³/mol. The van der Waals surface area contributed by atoms with E-state index in [0.717, 1.165) is 18.4 Å². The van der Waals surface area contributed by atoms with Gasteiger partial charge in [-0.15, -0.1) is 0 Å². The lowest BCUT2D eigenvalue weighted by molar-refractivity contribution is -0.127. The van der Waals surface area contributed by atoms with Crippen molar-refractivity contribution in [2.75, 3.05) is 0 Å². The lowest BCUT2D eigenvalue weighted by atomic mass is 10.2. The van der Waals surface area contributed by atoms with Crippen LogP contribution in [0.1, 0.15) is 24.0 Å². The quantitative estimate of drug-likeness (QED) is 0.763. The molecule has 0 bridgehead atoms. The molecule has 0 radical (unpaired) electrons. The van der Waals surface area contributed by atoms with Crippen molar-refractivity contribution >= 4 is 12.0 Å². The van der Waals surface area contributed by atoms with Crippen LogP contribution < -0.4 is 0 Å². The molecule has 0 unspecified atom stereocenters. The summed E-state index contributed by atoms with van der Waals surface area (Å²) in [6, 6.07) is 16.6. The van der Waals surface area contributed by atoms with Crippen LogP contribution >= 0.6 is 0 Å². The fraction of sp³-hybridized carbons (Fsp3) is 0.211. The lowest BCUT2D eigenvalue weighted by Gasteiger charge is -2.21. The van der Waals surface area contributed by atoms with Crippen LogP contribution in [0.2, 0.25) is 0 Å². The molecule has 2 aromatic carbocycles. The summed E-state index contributed by atoms with van der Waals surface area (Å²) in [5.41, 5.74) is 1.82. The number of carbonyl (C=O) groups excluding carboxylic acids is 1. The molecule has 0 aliphatic heterocycles. The number of benzene rings is 2. The van der Waals surface area contributed by atoms with E-state index in [-0.39, 0.29) is 11.7 Å². The van der Waals surface area contributed by atoms with Crippen molar-refractivity contribution in [3.05, 3.63) is 77.6 Å². The van der Waals surface area contributed by atoms with Gasteiger partial charge < -0.3 is 4.90 Å². The van der Waals surface area contributed by atoms with Gasteiger partial charge in [0.05, 0.1) is 0 Å². The Morgan fingerprint density at radius 3 is 2.59 bits per heavy atom. The van der Waals surface area contributed by atoms with E-state index >= 15 is 0 Å². The molecule has 0 N–H and O–H groups in total. The second kappa shape index (κ2) is 6.56. The first kappa shape index (κ1) is 14.5. The number of rotatable bonds is 5. The molecule has 0 atom stereocenters. The van der Waals surface area contributed by atoms with E-state index in [0.29, 0.717) is 18.2 Å². The molecule has 0 spiro atoms. The molecular formula is C19H18FNO. The van der Waals surface area contributed by atoms with Crippen LogP contribution in [-0.2, 0) is 11.3 Å². The molecule has 0 saturated heterocycles. The van der Waals surface area contributed by atoms with Gasteiger partial charge in [0.1, 0.15) is 5.82 Å². The highest BCUT2D eigenvalue weighted by molar-refractivity contribution is 5.92. The average Bonchev–Trinajstić information content (AvgIpc) is 3.36. The number of hydrogen-bond acceptors (Lipinski definition) is 1. The van der Waals surface area contributed by atoms with Gasteiger partial charge in [0.25, 0.3) is 0 Å². The fourth-order valence-electron chi connectivity index (χ4n) is 2.43. The second-order valence-corrected chi connectivity index (χ2v) is 5.57. The molecule has 22 heavy (non-hydrogen) atoms. The SMILES string of the molecule is O=C(/C=C/c1cccc(F)c1)N(Cc1ccccc1)C1CC1.